The number of alkyl halides is 3. The molecule has 2 aromatic heterocycles. The summed E-state index contributed by atoms with van der Waals surface area (Å²) in [6.07, 6.45) is -3.46. The van der Waals surface area contributed by atoms with Gasteiger partial charge in [0.25, 0.3) is 0 Å². The van der Waals surface area contributed by atoms with Crippen molar-refractivity contribution in [3.05, 3.63) is 28.9 Å². The molecule has 0 unspecified atom stereocenters. The Morgan fingerprint density at radius 2 is 1.73 bits per heavy atom. The molecule has 3 heterocycles. The van der Waals surface area contributed by atoms with E-state index in [1.54, 1.807) is 11.3 Å². The molecule has 0 atom stereocenters. The summed E-state index contributed by atoms with van der Waals surface area (Å²) in [6, 6.07) is 2.50. The first-order valence-corrected chi connectivity index (χ1v) is 7.58. The van der Waals surface area contributed by atoms with Crippen molar-refractivity contribution in [3.8, 4) is 0 Å². The summed E-state index contributed by atoms with van der Waals surface area (Å²) in [4.78, 5) is 8.04. The van der Waals surface area contributed by atoms with Gasteiger partial charge in [-0.3, -0.25) is 0 Å². The number of hydrogen-bond acceptors (Lipinski definition) is 6. The number of anilines is 2. The summed E-state index contributed by atoms with van der Waals surface area (Å²) in [5.74, 6) is 0.570. The maximum Gasteiger partial charge on any atom is 0.417 e. The van der Waals surface area contributed by atoms with Gasteiger partial charge in [0, 0.05) is 32.4 Å². The monoisotopic (exact) mass is 329 g/mol. The van der Waals surface area contributed by atoms with Crippen LogP contribution >= 0.6 is 11.3 Å². The highest BCUT2D eigenvalue weighted by Crippen LogP contribution is 2.29. The minimum atomic E-state index is -4.35. The van der Waals surface area contributed by atoms with Gasteiger partial charge >= 0.3 is 6.18 Å². The molecule has 118 valence electrons. The van der Waals surface area contributed by atoms with Crippen LogP contribution in [0.4, 0.5) is 24.1 Å². The Morgan fingerprint density at radius 3 is 2.23 bits per heavy atom. The van der Waals surface area contributed by atoms with Crippen LogP contribution in [0.15, 0.2) is 18.3 Å². The van der Waals surface area contributed by atoms with E-state index in [0.717, 1.165) is 35.5 Å². The van der Waals surface area contributed by atoms with Gasteiger partial charge in [-0.15, -0.1) is 10.2 Å². The highest BCUT2D eigenvalue weighted by Gasteiger charge is 2.31. The highest BCUT2D eigenvalue weighted by molar-refractivity contribution is 7.15. The van der Waals surface area contributed by atoms with Crippen LogP contribution in [-0.4, -0.2) is 41.4 Å². The molecule has 22 heavy (non-hydrogen) atoms. The molecular formula is C13H14F3N5S. The van der Waals surface area contributed by atoms with Crippen molar-refractivity contribution in [1.82, 2.24) is 15.2 Å². The summed E-state index contributed by atoms with van der Waals surface area (Å²) in [6.45, 7) is 4.78. The van der Waals surface area contributed by atoms with Crippen LogP contribution in [-0.2, 0) is 6.18 Å². The average molecular weight is 329 g/mol. The second kappa shape index (κ2) is 5.71. The first-order chi connectivity index (χ1) is 10.4. The number of hydrogen-bond donors (Lipinski definition) is 0. The van der Waals surface area contributed by atoms with Crippen molar-refractivity contribution in [2.45, 2.75) is 13.1 Å². The van der Waals surface area contributed by atoms with Gasteiger partial charge in [0.15, 0.2) is 0 Å². The van der Waals surface area contributed by atoms with Gasteiger partial charge in [0.2, 0.25) is 5.13 Å². The number of rotatable bonds is 2. The molecule has 5 nitrogen and oxygen atoms in total. The van der Waals surface area contributed by atoms with Crippen LogP contribution in [0.25, 0.3) is 0 Å². The first kappa shape index (κ1) is 15.0. The van der Waals surface area contributed by atoms with Crippen LogP contribution in [0.2, 0.25) is 0 Å². The van der Waals surface area contributed by atoms with E-state index in [4.69, 9.17) is 0 Å². The van der Waals surface area contributed by atoms with E-state index in [9.17, 15) is 13.2 Å². The van der Waals surface area contributed by atoms with E-state index in [-0.39, 0.29) is 0 Å². The number of aromatic nitrogens is 3. The zero-order valence-corrected chi connectivity index (χ0v) is 12.7. The zero-order valence-electron chi connectivity index (χ0n) is 11.8. The largest absolute Gasteiger partial charge is 0.417 e. The Balaban J connectivity index is 1.64. The van der Waals surface area contributed by atoms with Crippen LogP contribution in [0.1, 0.15) is 10.6 Å². The summed E-state index contributed by atoms with van der Waals surface area (Å²) < 4.78 is 37.6. The maximum absolute atomic E-state index is 12.5. The molecule has 1 aliphatic heterocycles. The molecule has 3 rings (SSSR count). The first-order valence-electron chi connectivity index (χ1n) is 6.77. The third-order valence-electron chi connectivity index (χ3n) is 3.46. The Bertz CT molecular complexity index is 632. The molecule has 0 aromatic carbocycles. The van der Waals surface area contributed by atoms with Crippen molar-refractivity contribution in [3.63, 3.8) is 0 Å². The van der Waals surface area contributed by atoms with Gasteiger partial charge in [0.05, 0.1) is 5.56 Å². The molecule has 2 aromatic rings. The van der Waals surface area contributed by atoms with E-state index in [0.29, 0.717) is 18.9 Å². The summed E-state index contributed by atoms with van der Waals surface area (Å²) >= 11 is 1.54. The molecule has 0 amide bonds. The molecule has 0 saturated carbocycles. The van der Waals surface area contributed by atoms with Crippen molar-refractivity contribution in [1.29, 1.82) is 0 Å². The summed E-state index contributed by atoms with van der Waals surface area (Å²) in [7, 11) is 0. The second-order valence-corrected chi connectivity index (χ2v) is 6.14. The van der Waals surface area contributed by atoms with Crippen LogP contribution < -0.4 is 9.80 Å². The lowest BCUT2D eigenvalue weighted by molar-refractivity contribution is -0.137. The topological polar surface area (TPSA) is 45.2 Å². The van der Waals surface area contributed by atoms with Crippen molar-refractivity contribution < 1.29 is 13.2 Å². The van der Waals surface area contributed by atoms with Crippen molar-refractivity contribution >= 4 is 22.3 Å². The number of nitrogens with zero attached hydrogens (tertiary/aromatic N) is 5. The quantitative estimate of drug-likeness (QED) is 0.847. The van der Waals surface area contributed by atoms with Gasteiger partial charge < -0.3 is 9.80 Å². The fraction of sp³-hybridized carbons (Fsp3) is 0.462. The fourth-order valence-corrected chi connectivity index (χ4v) is 3.02. The molecule has 9 heteroatoms. The molecule has 0 spiro atoms. The Kier molecular flexibility index (Phi) is 3.90. The Hall–Kier alpha value is -1.90. The maximum atomic E-state index is 12.5. The Labute approximate surface area is 129 Å². The predicted molar refractivity (Wildman–Crippen MR) is 78.3 cm³/mol. The number of halogens is 3. The van der Waals surface area contributed by atoms with Gasteiger partial charge in [0.1, 0.15) is 10.8 Å². The third kappa shape index (κ3) is 3.13. The molecule has 1 aliphatic rings. The molecule has 1 saturated heterocycles. The average Bonchev–Trinajstić information content (AvgIpc) is 2.93. The van der Waals surface area contributed by atoms with Gasteiger partial charge in [-0.1, -0.05) is 11.3 Å². The van der Waals surface area contributed by atoms with E-state index < -0.39 is 11.7 Å². The molecule has 0 N–H and O–H groups in total. The Morgan fingerprint density at radius 1 is 1.05 bits per heavy atom. The summed E-state index contributed by atoms with van der Waals surface area (Å²) in [5, 5.41) is 9.91. The van der Waals surface area contributed by atoms with Crippen LogP contribution in [0, 0.1) is 6.92 Å². The lowest BCUT2D eigenvalue weighted by Crippen LogP contribution is -2.46. The number of aryl methyl sites for hydroxylation is 1. The van der Waals surface area contributed by atoms with Gasteiger partial charge in [-0.25, -0.2) is 4.98 Å². The normalized spacial score (nSPS) is 16.2. The predicted octanol–water partition coefficient (Wildman–Crippen LogP) is 2.59. The van der Waals surface area contributed by atoms with Gasteiger partial charge in [-0.2, -0.15) is 13.2 Å². The molecule has 1 fully saturated rings. The SMILES string of the molecule is Cc1nnc(N2CCN(c3ccc(C(F)(F)F)cn3)CC2)s1. The third-order valence-corrected chi connectivity index (χ3v) is 4.36. The second-order valence-electron chi connectivity index (χ2n) is 4.98. The van der Waals surface area contributed by atoms with Crippen LogP contribution in [0.5, 0.6) is 0 Å². The highest BCUT2D eigenvalue weighted by atomic mass is 32.1. The van der Waals surface area contributed by atoms with E-state index in [1.807, 2.05) is 11.8 Å². The summed E-state index contributed by atoms with van der Waals surface area (Å²) in [5.41, 5.74) is -0.723. The van der Waals surface area contributed by atoms with E-state index in [2.05, 4.69) is 20.1 Å². The van der Waals surface area contributed by atoms with E-state index >= 15 is 0 Å². The number of pyridine rings is 1. The number of piperazine rings is 1. The molecule has 0 bridgehead atoms. The molecule has 0 radical (unpaired) electrons. The zero-order chi connectivity index (χ0) is 15.7. The van der Waals surface area contributed by atoms with Crippen molar-refractivity contribution in [2.24, 2.45) is 0 Å². The smallest absolute Gasteiger partial charge is 0.353 e. The van der Waals surface area contributed by atoms with Crippen molar-refractivity contribution in [2.75, 3.05) is 36.0 Å². The fourth-order valence-electron chi connectivity index (χ4n) is 2.28. The molecule has 0 aliphatic carbocycles. The lowest BCUT2D eigenvalue weighted by atomic mass is 10.2. The van der Waals surface area contributed by atoms with Gasteiger partial charge in [-0.05, 0) is 19.1 Å². The van der Waals surface area contributed by atoms with E-state index in [1.165, 1.54) is 6.07 Å². The minimum Gasteiger partial charge on any atom is -0.353 e. The van der Waals surface area contributed by atoms with Crippen LogP contribution in [0.3, 0.4) is 0 Å². The standard InChI is InChI=1S/C13H14F3N5S/c1-9-18-19-12(22-9)21-6-4-20(5-7-21)11-3-2-10(8-17-11)13(14,15)16/h2-3,8H,4-7H2,1H3. The minimum absolute atomic E-state index is 0.570. The molecular weight excluding hydrogens is 315 g/mol. The lowest BCUT2D eigenvalue weighted by Gasteiger charge is -2.35.